The Morgan fingerprint density at radius 3 is 2.39 bits per heavy atom. The Bertz CT molecular complexity index is 841. The van der Waals surface area contributed by atoms with Crippen molar-refractivity contribution in [2.45, 2.75) is 38.8 Å². The fourth-order valence-electron chi connectivity index (χ4n) is 2.52. The number of carbonyl (C=O) groups is 2. The van der Waals surface area contributed by atoms with Gasteiger partial charge in [0.2, 0.25) is 0 Å². The first kappa shape index (κ1) is 21.1. The second-order valence-electron chi connectivity index (χ2n) is 6.39. The van der Waals surface area contributed by atoms with Gasteiger partial charge in [0.1, 0.15) is 18.0 Å². The predicted octanol–water partition coefficient (Wildman–Crippen LogP) is 2.79. The van der Waals surface area contributed by atoms with Crippen LogP contribution >= 0.6 is 0 Å². The van der Waals surface area contributed by atoms with Crippen LogP contribution in [0.15, 0.2) is 36.5 Å². The summed E-state index contributed by atoms with van der Waals surface area (Å²) in [7, 11) is 1.35. The van der Waals surface area contributed by atoms with Gasteiger partial charge in [-0.2, -0.15) is 0 Å². The molecule has 0 fully saturated rings. The molecular formula is C20H23FN2O5. The molecule has 0 saturated carbocycles. The smallest absolute Gasteiger partial charge is 0.328 e. The standard InChI is InChI=1S/C20H23FN2O5/c1-11(14-5-7-15(21)8-6-14)13(3)28-20(26)12(2)23-19(25)17-18(24)16(27-4)9-10-22-17/h5-13,24H,1-4H3,(H,23,25)/t11-,12+,13+/m1/s1. The van der Waals surface area contributed by atoms with E-state index in [0.717, 1.165) is 5.56 Å². The monoisotopic (exact) mass is 390 g/mol. The van der Waals surface area contributed by atoms with Crippen LogP contribution in [-0.4, -0.2) is 41.2 Å². The molecule has 0 aliphatic carbocycles. The van der Waals surface area contributed by atoms with Crippen molar-refractivity contribution in [1.29, 1.82) is 0 Å². The number of esters is 1. The van der Waals surface area contributed by atoms with Crippen LogP contribution in [0.3, 0.4) is 0 Å². The zero-order chi connectivity index (χ0) is 20.8. The van der Waals surface area contributed by atoms with Crippen LogP contribution in [-0.2, 0) is 9.53 Å². The van der Waals surface area contributed by atoms with Gasteiger partial charge in [0.15, 0.2) is 17.2 Å². The van der Waals surface area contributed by atoms with E-state index in [-0.39, 0.29) is 23.2 Å². The van der Waals surface area contributed by atoms with Gasteiger partial charge in [0, 0.05) is 18.2 Å². The number of nitrogens with zero attached hydrogens (tertiary/aromatic N) is 1. The van der Waals surface area contributed by atoms with Crippen molar-refractivity contribution in [1.82, 2.24) is 10.3 Å². The summed E-state index contributed by atoms with van der Waals surface area (Å²) in [6.45, 7) is 5.04. The molecule has 8 heteroatoms. The number of aromatic hydroxyl groups is 1. The van der Waals surface area contributed by atoms with Crippen molar-refractivity contribution >= 4 is 11.9 Å². The van der Waals surface area contributed by atoms with Crippen LogP contribution in [0.4, 0.5) is 4.39 Å². The highest BCUT2D eigenvalue weighted by atomic mass is 19.1. The number of rotatable bonds is 7. The minimum absolute atomic E-state index is 0.0946. The van der Waals surface area contributed by atoms with Crippen molar-refractivity contribution < 1.29 is 28.6 Å². The molecule has 150 valence electrons. The van der Waals surface area contributed by atoms with Gasteiger partial charge in [0.05, 0.1) is 7.11 Å². The van der Waals surface area contributed by atoms with Gasteiger partial charge in [0.25, 0.3) is 5.91 Å². The zero-order valence-electron chi connectivity index (χ0n) is 16.1. The molecule has 0 bridgehead atoms. The second kappa shape index (κ2) is 9.16. The van der Waals surface area contributed by atoms with Gasteiger partial charge in [-0.3, -0.25) is 4.79 Å². The quantitative estimate of drug-likeness (QED) is 0.706. The number of hydrogen-bond acceptors (Lipinski definition) is 6. The minimum Gasteiger partial charge on any atom is -0.503 e. The topological polar surface area (TPSA) is 97.8 Å². The molecule has 0 spiro atoms. The highest BCUT2D eigenvalue weighted by Crippen LogP contribution is 2.27. The first-order valence-corrected chi connectivity index (χ1v) is 8.73. The Hall–Kier alpha value is -3.16. The van der Waals surface area contributed by atoms with E-state index in [2.05, 4.69) is 10.3 Å². The van der Waals surface area contributed by atoms with Gasteiger partial charge >= 0.3 is 5.97 Å². The van der Waals surface area contributed by atoms with E-state index < -0.39 is 29.8 Å². The molecule has 7 nitrogen and oxygen atoms in total. The van der Waals surface area contributed by atoms with Crippen LogP contribution in [0, 0.1) is 5.82 Å². The molecule has 2 aromatic rings. The first-order chi connectivity index (χ1) is 13.2. The molecule has 0 aliphatic heterocycles. The third-order valence-corrected chi connectivity index (χ3v) is 4.43. The molecule has 0 unspecified atom stereocenters. The maximum atomic E-state index is 13.0. The molecule has 1 heterocycles. The van der Waals surface area contributed by atoms with E-state index in [1.807, 2.05) is 6.92 Å². The number of nitrogens with one attached hydrogen (secondary N) is 1. The van der Waals surface area contributed by atoms with E-state index >= 15 is 0 Å². The molecule has 28 heavy (non-hydrogen) atoms. The lowest BCUT2D eigenvalue weighted by Gasteiger charge is -2.23. The van der Waals surface area contributed by atoms with Crippen LogP contribution in [0.2, 0.25) is 0 Å². The molecule has 3 atom stereocenters. The number of halogens is 1. The molecule has 0 radical (unpaired) electrons. The molecule has 0 aliphatic rings. The second-order valence-corrected chi connectivity index (χ2v) is 6.39. The van der Waals surface area contributed by atoms with Crippen molar-refractivity contribution in [3.05, 3.63) is 53.6 Å². The summed E-state index contributed by atoms with van der Waals surface area (Å²) in [5, 5.41) is 12.4. The summed E-state index contributed by atoms with van der Waals surface area (Å²) >= 11 is 0. The lowest BCUT2D eigenvalue weighted by Crippen LogP contribution is -2.41. The van der Waals surface area contributed by atoms with E-state index in [4.69, 9.17) is 9.47 Å². The number of methoxy groups -OCH3 is 1. The lowest BCUT2D eigenvalue weighted by molar-refractivity contribution is -0.151. The predicted molar refractivity (Wildman–Crippen MR) is 99.8 cm³/mol. The Morgan fingerprint density at radius 2 is 1.79 bits per heavy atom. The van der Waals surface area contributed by atoms with E-state index in [9.17, 15) is 19.1 Å². The maximum absolute atomic E-state index is 13.0. The summed E-state index contributed by atoms with van der Waals surface area (Å²) in [5.74, 6) is -2.21. The number of ether oxygens (including phenoxy) is 2. The molecule has 0 saturated heterocycles. The van der Waals surface area contributed by atoms with Gasteiger partial charge in [-0.1, -0.05) is 19.1 Å². The van der Waals surface area contributed by atoms with Crippen molar-refractivity contribution in [3.63, 3.8) is 0 Å². The zero-order valence-corrected chi connectivity index (χ0v) is 16.1. The maximum Gasteiger partial charge on any atom is 0.328 e. The van der Waals surface area contributed by atoms with Gasteiger partial charge in [-0.25, -0.2) is 14.2 Å². The summed E-state index contributed by atoms with van der Waals surface area (Å²) < 4.78 is 23.4. The average molecular weight is 390 g/mol. The van der Waals surface area contributed by atoms with Crippen molar-refractivity contribution in [2.75, 3.05) is 7.11 Å². The molecular weight excluding hydrogens is 367 g/mol. The van der Waals surface area contributed by atoms with Gasteiger partial charge < -0.3 is 19.9 Å². The van der Waals surface area contributed by atoms with Crippen LogP contribution in [0.25, 0.3) is 0 Å². The number of amides is 1. The number of benzene rings is 1. The number of hydrogen-bond donors (Lipinski definition) is 2. The van der Waals surface area contributed by atoms with Crippen molar-refractivity contribution in [2.24, 2.45) is 0 Å². The summed E-state index contributed by atoms with van der Waals surface area (Å²) in [4.78, 5) is 28.4. The Morgan fingerprint density at radius 1 is 1.14 bits per heavy atom. The molecule has 2 rings (SSSR count). The molecule has 1 amide bonds. The van der Waals surface area contributed by atoms with E-state index in [1.54, 1.807) is 19.1 Å². The third-order valence-electron chi connectivity index (χ3n) is 4.43. The van der Waals surface area contributed by atoms with Gasteiger partial charge in [-0.05, 0) is 31.5 Å². The number of pyridine rings is 1. The van der Waals surface area contributed by atoms with Crippen LogP contribution in [0.1, 0.15) is 42.7 Å². The first-order valence-electron chi connectivity index (χ1n) is 8.73. The Balaban J connectivity index is 1.98. The molecule has 1 aromatic heterocycles. The fourth-order valence-corrected chi connectivity index (χ4v) is 2.52. The Labute approximate surface area is 162 Å². The Kier molecular flexibility index (Phi) is 6.92. The SMILES string of the molecule is COc1ccnc(C(=O)N[C@@H](C)C(=O)O[C@@H](C)[C@@H](C)c2ccc(F)cc2)c1O. The summed E-state index contributed by atoms with van der Waals surface area (Å²) in [5.41, 5.74) is 0.565. The normalized spacial score (nSPS) is 13.9. The lowest BCUT2D eigenvalue weighted by atomic mass is 9.96. The highest BCUT2D eigenvalue weighted by Gasteiger charge is 2.25. The molecule has 2 N–H and O–H groups in total. The van der Waals surface area contributed by atoms with Crippen LogP contribution in [0.5, 0.6) is 11.5 Å². The van der Waals surface area contributed by atoms with E-state index in [0.29, 0.717) is 0 Å². The fraction of sp³-hybridized carbons (Fsp3) is 0.350. The third kappa shape index (κ3) is 4.97. The minimum atomic E-state index is -0.970. The van der Waals surface area contributed by atoms with Gasteiger partial charge in [-0.15, -0.1) is 0 Å². The highest BCUT2D eigenvalue weighted by molar-refractivity contribution is 5.97. The summed E-state index contributed by atoms with van der Waals surface area (Å²) in [6.07, 6.45) is 0.809. The van der Waals surface area contributed by atoms with Crippen molar-refractivity contribution in [3.8, 4) is 11.5 Å². The van der Waals surface area contributed by atoms with E-state index in [1.165, 1.54) is 38.4 Å². The largest absolute Gasteiger partial charge is 0.503 e. The number of carbonyl (C=O) groups excluding carboxylic acids is 2. The molecule has 1 aromatic carbocycles. The van der Waals surface area contributed by atoms with Crippen LogP contribution < -0.4 is 10.1 Å². The summed E-state index contributed by atoms with van der Waals surface area (Å²) in [6, 6.07) is 6.39. The average Bonchev–Trinajstić information content (AvgIpc) is 2.67. The number of aromatic nitrogens is 1.